The van der Waals surface area contributed by atoms with Crippen LogP contribution in [0.25, 0.3) is 0 Å². The Bertz CT molecular complexity index is 659. The molecule has 0 aliphatic rings. The Hall–Kier alpha value is -2.64. The Labute approximate surface area is 179 Å². The van der Waals surface area contributed by atoms with E-state index >= 15 is 0 Å². The summed E-state index contributed by atoms with van der Waals surface area (Å²) < 4.78 is 5.50. The largest absolute Gasteiger partial charge is 0.444 e. The monoisotopic (exact) mass is 420 g/mol. The van der Waals surface area contributed by atoms with Gasteiger partial charge in [0.15, 0.2) is 0 Å². The maximum Gasteiger partial charge on any atom is 0.410 e. The highest BCUT2D eigenvalue weighted by molar-refractivity contribution is 5.75. The Morgan fingerprint density at radius 2 is 1.80 bits per heavy atom. The number of rotatable bonds is 12. The Kier molecular flexibility index (Phi) is 11.5. The molecule has 0 fully saturated rings. The fourth-order valence-electron chi connectivity index (χ4n) is 2.71. The van der Waals surface area contributed by atoms with Crippen molar-refractivity contribution in [3.05, 3.63) is 30.1 Å². The Morgan fingerprint density at radius 1 is 1.07 bits per heavy atom. The summed E-state index contributed by atoms with van der Waals surface area (Å²) in [6.45, 7) is 9.03. The zero-order valence-electron chi connectivity index (χ0n) is 18.7. The normalized spacial score (nSPS) is 10.9. The third-order valence-corrected chi connectivity index (χ3v) is 4.13. The van der Waals surface area contributed by atoms with Gasteiger partial charge in [0, 0.05) is 45.4 Å². The molecule has 8 heteroatoms. The maximum absolute atomic E-state index is 12.5. The first-order chi connectivity index (χ1) is 14.2. The number of ether oxygens (including phenoxy) is 1. The van der Waals surface area contributed by atoms with Gasteiger partial charge in [-0.25, -0.2) is 4.79 Å². The lowest BCUT2D eigenvalue weighted by atomic mass is 10.2. The number of amides is 3. The van der Waals surface area contributed by atoms with E-state index in [-0.39, 0.29) is 17.9 Å². The van der Waals surface area contributed by atoms with E-state index < -0.39 is 5.60 Å². The Morgan fingerprint density at radius 3 is 2.43 bits per heavy atom. The number of hydrogen-bond donors (Lipinski definition) is 2. The molecule has 168 valence electrons. The third kappa shape index (κ3) is 12.7. The molecule has 30 heavy (non-hydrogen) atoms. The van der Waals surface area contributed by atoms with Crippen LogP contribution in [0.4, 0.5) is 4.79 Å². The van der Waals surface area contributed by atoms with Crippen molar-refractivity contribution < 1.29 is 19.1 Å². The second-order valence-corrected chi connectivity index (χ2v) is 8.26. The lowest BCUT2D eigenvalue weighted by Crippen LogP contribution is -2.38. The summed E-state index contributed by atoms with van der Waals surface area (Å²) >= 11 is 0. The SMILES string of the molecule is CC(=O)NCCCCCC(=O)NCCCN(Cc1cccnc1)C(=O)OC(C)(C)C. The van der Waals surface area contributed by atoms with Crippen LogP contribution in [0, 0.1) is 0 Å². The highest BCUT2D eigenvalue weighted by Gasteiger charge is 2.22. The number of aromatic nitrogens is 1. The van der Waals surface area contributed by atoms with E-state index in [4.69, 9.17) is 4.74 Å². The molecule has 0 saturated carbocycles. The number of pyridine rings is 1. The van der Waals surface area contributed by atoms with Crippen LogP contribution in [0.5, 0.6) is 0 Å². The summed E-state index contributed by atoms with van der Waals surface area (Å²) in [5.41, 5.74) is 0.352. The number of hydrogen-bond acceptors (Lipinski definition) is 5. The van der Waals surface area contributed by atoms with E-state index in [0.717, 1.165) is 24.8 Å². The minimum Gasteiger partial charge on any atom is -0.444 e. The van der Waals surface area contributed by atoms with Crippen molar-refractivity contribution in [1.29, 1.82) is 0 Å². The molecule has 1 aromatic rings. The van der Waals surface area contributed by atoms with Crippen LogP contribution in [0.3, 0.4) is 0 Å². The van der Waals surface area contributed by atoms with Crippen LogP contribution in [0.1, 0.15) is 65.4 Å². The van der Waals surface area contributed by atoms with Gasteiger partial charge in [0.25, 0.3) is 0 Å². The number of carbonyl (C=O) groups is 3. The highest BCUT2D eigenvalue weighted by Crippen LogP contribution is 2.12. The van der Waals surface area contributed by atoms with Crippen molar-refractivity contribution in [3.8, 4) is 0 Å². The van der Waals surface area contributed by atoms with Gasteiger partial charge in [-0.05, 0) is 51.7 Å². The highest BCUT2D eigenvalue weighted by atomic mass is 16.6. The minimum absolute atomic E-state index is 0.00519. The molecule has 1 aromatic heterocycles. The molecule has 0 spiro atoms. The van der Waals surface area contributed by atoms with Crippen molar-refractivity contribution in [2.75, 3.05) is 19.6 Å². The molecule has 0 atom stereocenters. The molecule has 0 aliphatic carbocycles. The van der Waals surface area contributed by atoms with Gasteiger partial charge >= 0.3 is 6.09 Å². The molecule has 0 saturated heterocycles. The average Bonchev–Trinajstić information content (AvgIpc) is 2.66. The molecule has 0 bridgehead atoms. The lowest BCUT2D eigenvalue weighted by Gasteiger charge is -2.27. The van der Waals surface area contributed by atoms with Gasteiger partial charge in [-0.1, -0.05) is 12.5 Å². The van der Waals surface area contributed by atoms with Gasteiger partial charge in [-0.15, -0.1) is 0 Å². The van der Waals surface area contributed by atoms with Crippen LogP contribution < -0.4 is 10.6 Å². The van der Waals surface area contributed by atoms with Crippen molar-refractivity contribution in [1.82, 2.24) is 20.5 Å². The predicted molar refractivity (Wildman–Crippen MR) is 116 cm³/mol. The van der Waals surface area contributed by atoms with Crippen LogP contribution in [0.15, 0.2) is 24.5 Å². The van der Waals surface area contributed by atoms with Crippen molar-refractivity contribution in [3.63, 3.8) is 0 Å². The predicted octanol–water partition coefficient (Wildman–Crippen LogP) is 3.02. The topological polar surface area (TPSA) is 101 Å². The second-order valence-electron chi connectivity index (χ2n) is 8.26. The van der Waals surface area contributed by atoms with Gasteiger partial charge in [0.2, 0.25) is 11.8 Å². The lowest BCUT2D eigenvalue weighted by molar-refractivity contribution is -0.121. The van der Waals surface area contributed by atoms with Gasteiger partial charge in [-0.2, -0.15) is 0 Å². The van der Waals surface area contributed by atoms with Crippen LogP contribution in [-0.2, 0) is 20.9 Å². The van der Waals surface area contributed by atoms with E-state index in [1.807, 2.05) is 32.9 Å². The molecular weight excluding hydrogens is 384 g/mol. The zero-order valence-corrected chi connectivity index (χ0v) is 18.7. The summed E-state index contributed by atoms with van der Waals surface area (Å²) in [6.07, 6.45) is 6.69. The summed E-state index contributed by atoms with van der Waals surface area (Å²) in [5.74, 6) is -0.0256. The van der Waals surface area contributed by atoms with Crippen molar-refractivity contribution in [2.45, 2.75) is 71.9 Å². The number of unbranched alkanes of at least 4 members (excludes halogenated alkanes) is 2. The number of carbonyl (C=O) groups excluding carboxylic acids is 3. The van der Waals surface area contributed by atoms with Crippen molar-refractivity contribution >= 4 is 17.9 Å². The van der Waals surface area contributed by atoms with Crippen molar-refractivity contribution in [2.24, 2.45) is 0 Å². The fourth-order valence-corrected chi connectivity index (χ4v) is 2.71. The first kappa shape index (κ1) is 25.4. The first-order valence-corrected chi connectivity index (χ1v) is 10.6. The van der Waals surface area contributed by atoms with Crippen LogP contribution in [0.2, 0.25) is 0 Å². The van der Waals surface area contributed by atoms with Crippen LogP contribution in [-0.4, -0.2) is 53.0 Å². The smallest absolute Gasteiger partial charge is 0.410 e. The van der Waals surface area contributed by atoms with Gasteiger partial charge in [-0.3, -0.25) is 14.6 Å². The third-order valence-electron chi connectivity index (χ3n) is 4.13. The molecule has 0 aliphatic heterocycles. The Balaban J connectivity index is 2.34. The molecule has 0 radical (unpaired) electrons. The zero-order chi connectivity index (χ0) is 22.4. The van der Waals surface area contributed by atoms with E-state index in [1.54, 1.807) is 17.3 Å². The molecule has 0 aromatic carbocycles. The van der Waals surface area contributed by atoms with Gasteiger partial charge in [0.1, 0.15) is 5.60 Å². The summed E-state index contributed by atoms with van der Waals surface area (Å²) in [4.78, 5) is 41.0. The standard InChI is InChI=1S/C22H36N4O4/c1-18(27)24-13-7-5-6-11-20(28)25-14-9-15-26(21(29)30-22(2,3)4)17-19-10-8-12-23-16-19/h8,10,12,16H,5-7,9,11,13-15,17H2,1-4H3,(H,24,27)(H,25,28). The summed E-state index contributed by atoms with van der Waals surface area (Å²) in [6, 6.07) is 3.75. The van der Waals surface area contributed by atoms with Crippen LogP contribution >= 0.6 is 0 Å². The number of nitrogens with zero attached hydrogens (tertiary/aromatic N) is 2. The second kappa shape index (κ2) is 13.6. The molecule has 1 rings (SSSR count). The summed E-state index contributed by atoms with van der Waals surface area (Å²) in [7, 11) is 0. The minimum atomic E-state index is -0.571. The number of nitrogens with one attached hydrogen (secondary N) is 2. The molecule has 0 unspecified atom stereocenters. The maximum atomic E-state index is 12.5. The molecule has 8 nitrogen and oxygen atoms in total. The molecular formula is C22H36N4O4. The van der Waals surface area contributed by atoms with Gasteiger partial charge in [0.05, 0.1) is 6.54 Å². The van der Waals surface area contributed by atoms with E-state index in [0.29, 0.717) is 39.0 Å². The van der Waals surface area contributed by atoms with E-state index in [1.165, 1.54) is 6.92 Å². The first-order valence-electron chi connectivity index (χ1n) is 10.6. The van der Waals surface area contributed by atoms with E-state index in [2.05, 4.69) is 15.6 Å². The summed E-state index contributed by atoms with van der Waals surface area (Å²) in [5, 5.41) is 5.64. The van der Waals surface area contributed by atoms with Gasteiger partial charge < -0.3 is 20.3 Å². The molecule has 2 N–H and O–H groups in total. The van der Waals surface area contributed by atoms with E-state index in [9.17, 15) is 14.4 Å². The fraction of sp³-hybridized carbons (Fsp3) is 0.636. The average molecular weight is 421 g/mol. The molecule has 1 heterocycles. The quantitative estimate of drug-likeness (QED) is 0.506. The molecule has 3 amide bonds.